The van der Waals surface area contributed by atoms with E-state index in [2.05, 4.69) is 6.07 Å². The molecule has 1 fully saturated rings. The molecule has 0 N–H and O–H groups in total. The molecule has 2 nitrogen and oxygen atoms in total. The first-order valence-corrected chi connectivity index (χ1v) is 3.83. The van der Waals surface area contributed by atoms with Crippen molar-refractivity contribution in [1.29, 1.82) is 5.26 Å². The summed E-state index contributed by atoms with van der Waals surface area (Å²) in [6.45, 7) is 0. The van der Waals surface area contributed by atoms with Gasteiger partial charge in [0.15, 0.2) is 11.2 Å². The second-order valence-corrected chi connectivity index (χ2v) is 2.81. The van der Waals surface area contributed by atoms with Crippen LogP contribution in [-0.4, -0.2) is 11.2 Å². The Balaban J connectivity index is 2.47. The fourth-order valence-electron chi connectivity index (χ4n) is 0.966. The number of ether oxygens (including phenoxy) is 1. The Bertz CT molecular complexity index is 173. The highest BCUT2D eigenvalue weighted by atomic mass is 32.1. The van der Waals surface area contributed by atoms with Gasteiger partial charge < -0.3 is 4.74 Å². The van der Waals surface area contributed by atoms with Crippen molar-refractivity contribution < 1.29 is 4.74 Å². The molecule has 1 atom stereocenters. The lowest BCUT2D eigenvalue weighted by molar-refractivity contribution is 0.242. The fourth-order valence-corrected chi connectivity index (χ4v) is 1.23. The first-order valence-electron chi connectivity index (χ1n) is 3.42. The van der Waals surface area contributed by atoms with Gasteiger partial charge in [0.1, 0.15) is 6.07 Å². The minimum absolute atomic E-state index is 0.282. The van der Waals surface area contributed by atoms with Gasteiger partial charge in [-0.25, -0.2) is 0 Å². The van der Waals surface area contributed by atoms with Crippen LogP contribution in [-0.2, 0) is 4.74 Å². The van der Waals surface area contributed by atoms with E-state index in [1.54, 1.807) is 0 Å². The van der Waals surface area contributed by atoms with Gasteiger partial charge in [0.2, 0.25) is 0 Å². The largest absolute Gasteiger partial charge is 0.469 e. The van der Waals surface area contributed by atoms with Crippen LogP contribution in [0.5, 0.6) is 0 Å². The molecule has 1 saturated heterocycles. The third kappa shape index (κ3) is 1.96. The number of hydrogen-bond acceptors (Lipinski definition) is 3. The second kappa shape index (κ2) is 3.52. The lowest BCUT2D eigenvalue weighted by atomic mass is 10.2. The van der Waals surface area contributed by atoms with Crippen LogP contribution in [0.15, 0.2) is 0 Å². The lowest BCUT2D eigenvalue weighted by Gasteiger charge is -2.06. The van der Waals surface area contributed by atoms with E-state index in [-0.39, 0.29) is 6.10 Å². The topological polar surface area (TPSA) is 33.0 Å². The molecule has 1 heterocycles. The van der Waals surface area contributed by atoms with E-state index < -0.39 is 0 Å². The Morgan fingerprint density at radius 3 is 3.10 bits per heavy atom. The molecule has 0 bridgehead atoms. The molecule has 1 unspecified atom stereocenters. The van der Waals surface area contributed by atoms with Crippen LogP contribution in [0.4, 0.5) is 0 Å². The fraction of sp³-hybridized carbons (Fsp3) is 0.714. The maximum atomic E-state index is 8.50. The molecular weight excluding hydrogens is 146 g/mol. The predicted molar refractivity (Wildman–Crippen MR) is 41.6 cm³/mol. The Hall–Kier alpha value is -0.620. The van der Waals surface area contributed by atoms with Gasteiger partial charge >= 0.3 is 0 Å². The third-order valence-electron chi connectivity index (χ3n) is 1.51. The molecule has 0 aromatic carbocycles. The first-order chi connectivity index (χ1) is 4.83. The van der Waals surface area contributed by atoms with Gasteiger partial charge in [-0.1, -0.05) is 0 Å². The van der Waals surface area contributed by atoms with Crippen molar-refractivity contribution in [3.05, 3.63) is 0 Å². The van der Waals surface area contributed by atoms with Crippen molar-refractivity contribution in [2.75, 3.05) is 0 Å². The predicted octanol–water partition coefficient (Wildman–Crippen LogP) is 1.80. The average molecular weight is 155 g/mol. The van der Waals surface area contributed by atoms with E-state index in [0.29, 0.717) is 5.05 Å². The normalized spacial score (nSPS) is 26.3. The molecule has 1 aliphatic heterocycles. The van der Waals surface area contributed by atoms with Crippen molar-refractivity contribution in [3.63, 3.8) is 0 Å². The van der Waals surface area contributed by atoms with Crippen LogP contribution in [0.2, 0.25) is 0 Å². The molecule has 1 aliphatic rings. The summed E-state index contributed by atoms with van der Waals surface area (Å²) in [5, 5.41) is 9.10. The van der Waals surface area contributed by atoms with Crippen molar-refractivity contribution >= 4 is 17.3 Å². The molecule has 10 heavy (non-hydrogen) atoms. The zero-order valence-electron chi connectivity index (χ0n) is 5.67. The zero-order valence-corrected chi connectivity index (χ0v) is 6.49. The van der Waals surface area contributed by atoms with E-state index >= 15 is 0 Å². The highest BCUT2D eigenvalue weighted by Gasteiger charge is 2.14. The highest BCUT2D eigenvalue weighted by molar-refractivity contribution is 7.80. The van der Waals surface area contributed by atoms with E-state index in [9.17, 15) is 0 Å². The van der Waals surface area contributed by atoms with Gasteiger partial charge in [0.25, 0.3) is 0 Å². The molecule has 3 heteroatoms. The Morgan fingerprint density at radius 2 is 2.40 bits per heavy atom. The summed E-state index contributed by atoms with van der Waals surface area (Å²) in [4.78, 5) is 0. The van der Waals surface area contributed by atoms with E-state index in [4.69, 9.17) is 22.2 Å². The molecule has 0 radical (unpaired) electrons. The van der Waals surface area contributed by atoms with Crippen LogP contribution in [0.3, 0.4) is 0 Å². The summed E-state index contributed by atoms with van der Waals surface area (Å²) in [6.07, 6.45) is 3.51. The minimum Gasteiger partial charge on any atom is -0.469 e. The second-order valence-electron chi connectivity index (χ2n) is 2.35. The number of thiocarbonyl (C=S) groups is 1. The van der Waals surface area contributed by atoms with Crippen molar-refractivity contribution in [1.82, 2.24) is 0 Å². The highest BCUT2D eigenvalue weighted by Crippen LogP contribution is 2.14. The van der Waals surface area contributed by atoms with Gasteiger partial charge in [-0.2, -0.15) is 5.26 Å². The Labute approximate surface area is 65.8 Å². The minimum atomic E-state index is -0.282. The molecule has 1 rings (SSSR count). The lowest BCUT2D eigenvalue weighted by Crippen LogP contribution is -2.10. The summed E-state index contributed by atoms with van der Waals surface area (Å²) >= 11 is 4.86. The molecule has 54 valence electrons. The molecule has 0 aromatic rings. The first kappa shape index (κ1) is 7.49. The average Bonchev–Trinajstić information content (AvgIpc) is 2.13. The summed E-state index contributed by atoms with van der Waals surface area (Å²) < 4.78 is 5.13. The van der Waals surface area contributed by atoms with E-state index in [1.807, 2.05) is 0 Å². The Morgan fingerprint density at radius 1 is 1.60 bits per heavy atom. The van der Waals surface area contributed by atoms with Gasteiger partial charge in [0.05, 0.1) is 0 Å². The van der Waals surface area contributed by atoms with Gasteiger partial charge in [-0.15, -0.1) is 0 Å². The maximum absolute atomic E-state index is 8.50. The van der Waals surface area contributed by atoms with Crippen molar-refractivity contribution in [2.24, 2.45) is 0 Å². The number of rotatable bonds is 0. The molecule has 0 amide bonds. The summed E-state index contributed by atoms with van der Waals surface area (Å²) in [5.41, 5.74) is 0. The summed E-state index contributed by atoms with van der Waals surface area (Å²) in [5.74, 6) is 0. The monoisotopic (exact) mass is 155 g/mol. The summed E-state index contributed by atoms with van der Waals surface area (Å²) in [7, 11) is 0. The SMILES string of the molecule is N#CC1CCCCC(=S)O1. The molecule has 0 aliphatic carbocycles. The Kier molecular flexibility index (Phi) is 2.64. The standard InChI is InChI=1S/C7H9NOS/c8-5-6-3-1-2-4-7(10)9-6/h6H,1-4H2. The smallest absolute Gasteiger partial charge is 0.185 e. The van der Waals surface area contributed by atoms with Crippen LogP contribution in [0, 0.1) is 11.3 Å². The van der Waals surface area contributed by atoms with Gasteiger partial charge in [-0.3, -0.25) is 0 Å². The van der Waals surface area contributed by atoms with Crippen LogP contribution >= 0.6 is 12.2 Å². The summed E-state index contributed by atoms with van der Waals surface area (Å²) in [6, 6.07) is 2.06. The van der Waals surface area contributed by atoms with Gasteiger partial charge in [0, 0.05) is 6.42 Å². The zero-order chi connectivity index (χ0) is 7.40. The number of nitrogens with zero attached hydrogens (tertiary/aromatic N) is 1. The van der Waals surface area contributed by atoms with Crippen LogP contribution in [0.1, 0.15) is 25.7 Å². The van der Waals surface area contributed by atoms with Crippen LogP contribution < -0.4 is 0 Å². The maximum Gasteiger partial charge on any atom is 0.185 e. The molecule has 0 aromatic heterocycles. The van der Waals surface area contributed by atoms with Crippen molar-refractivity contribution in [3.8, 4) is 6.07 Å². The third-order valence-corrected chi connectivity index (χ3v) is 1.82. The number of hydrogen-bond donors (Lipinski definition) is 0. The number of nitriles is 1. The quantitative estimate of drug-likeness (QED) is 0.500. The van der Waals surface area contributed by atoms with Crippen LogP contribution in [0.25, 0.3) is 0 Å². The molecule has 0 spiro atoms. The molecule has 0 saturated carbocycles. The molecular formula is C7H9NOS. The van der Waals surface area contributed by atoms with E-state index in [0.717, 1.165) is 25.7 Å². The van der Waals surface area contributed by atoms with Gasteiger partial charge in [-0.05, 0) is 31.5 Å². The van der Waals surface area contributed by atoms with Crippen molar-refractivity contribution in [2.45, 2.75) is 31.8 Å². The van der Waals surface area contributed by atoms with E-state index in [1.165, 1.54) is 0 Å².